The molecule has 0 unspecified atom stereocenters. The normalized spacial score (nSPS) is 13.9. The molecule has 2 aromatic rings. The van der Waals surface area contributed by atoms with Gasteiger partial charge in [-0.1, -0.05) is 6.07 Å². The third-order valence-corrected chi connectivity index (χ3v) is 5.39. The number of halogens is 2. The fourth-order valence-corrected chi connectivity index (χ4v) is 3.99. The molecule has 1 atom stereocenters. The molecule has 150 valence electrons. The number of fused-ring (bicyclic) bond motifs is 1. The predicted molar refractivity (Wildman–Crippen MR) is 97.6 cm³/mol. The van der Waals surface area contributed by atoms with Crippen molar-refractivity contribution < 1.29 is 31.5 Å². The van der Waals surface area contributed by atoms with Gasteiger partial charge in [-0.05, 0) is 36.8 Å². The van der Waals surface area contributed by atoms with Crippen LogP contribution < -0.4 is 19.1 Å². The summed E-state index contributed by atoms with van der Waals surface area (Å²) in [4.78, 5) is 12.5. The van der Waals surface area contributed by atoms with Gasteiger partial charge in [0.25, 0.3) is 0 Å². The molecule has 7 nitrogen and oxygen atoms in total. The number of rotatable bonds is 6. The van der Waals surface area contributed by atoms with Crippen LogP contribution in [0.25, 0.3) is 0 Å². The molecule has 0 spiro atoms. The number of hydrogen-bond acceptors (Lipinski definition) is 5. The van der Waals surface area contributed by atoms with E-state index in [4.69, 9.17) is 9.47 Å². The van der Waals surface area contributed by atoms with E-state index in [0.29, 0.717) is 11.5 Å². The van der Waals surface area contributed by atoms with Crippen LogP contribution in [0.15, 0.2) is 36.4 Å². The van der Waals surface area contributed by atoms with Crippen molar-refractivity contribution in [2.45, 2.75) is 19.5 Å². The number of sulfonamides is 1. The molecular formula is C18H18F2N2O5S. The first-order valence-corrected chi connectivity index (χ1v) is 10.1. The van der Waals surface area contributed by atoms with Crippen molar-refractivity contribution in [3.05, 3.63) is 53.6 Å². The Hall–Kier alpha value is -2.88. The van der Waals surface area contributed by atoms with Crippen LogP contribution in [0.2, 0.25) is 0 Å². The smallest absolute Gasteiger partial charge is 0.243 e. The lowest BCUT2D eigenvalue weighted by molar-refractivity contribution is -0.122. The van der Waals surface area contributed by atoms with E-state index in [-0.39, 0.29) is 19.0 Å². The molecule has 3 rings (SSSR count). The Morgan fingerprint density at radius 3 is 2.54 bits per heavy atom. The van der Waals surface area contributed by atoms with Crippen LogP contribution >= 0.6 is 0 Å². The Labute approximate surface area is 160 Å². The van der Waals surface area contributed by atoms with E-state index in [9.17, 15) is 22.0 Å². The van der Waals surface area contributed by atoms with Crippen LogP contribution in [0.1, 0.15) is 12.5 Å². The topological polar surface area (TPSA) is 84.9 Å². The lowest BCUT2D eigenvalue weighted by atomic mass is 10.2. The van der Waals surface area contributed by atoms with Gasteiger partial charge in [0, 0.05) is 12.6 Å². The molecule has 1 amide bonds. The minimum absolute atomic E-state index is 0.120. The average Bonchev–Trinajstić information content (AvgIpc) is 3.09. The lowest BCUT2D eigenvalue weighted by Crippen LogP contribution is -2.47. The predicted octanol–water partition coefficient (Wildman–Crippen LogP) is 2.16. The highest BCUT2D eigenvalue weighted by Crippen LogP contribution is 2.32. The van der Waals surface area contributed by atoms with Gasteiger partial charge in [0.1, 0.15) is 6.04 Å². The highest BCUT2D eigenvalue weighted by atomic mass is 32.2. The number of ether oxygens (including phenoxy) is 2. The minimum atomic E-state index is -3.94. The Balaban J connectivity index is 1.75. The SMILES string of the molecule is C[C@H](C(=O)NCc1ccc2c(c1)OCO2)N(c1ccc(F)c(F)c1)S(C)(=O)=O. The standard InChI is InChI=1S/C18H18F2N2O5S/c1-11(22(28(2,24)25)13-4-5-14(19)15(20)8-13)18(23)21-9-12-3-6-16-17(7-12)27-10-26-16/h3-8,11H,9-10H2,1-2H3,(H,21,23)/t11-/m1/s1. The molecule has 0 saturated heterocycles. The number of carbonyl (C=O) groups is 1. The van der Waals surface area contributed by atoms with Crippen molar-refractivity contribution in [2.24, 2.45) is 0 Å². The second-order valence-electron chi connectivity index (χ2n) is 6.24. The lowest BCUT2D eigenvalue weighted by Gasteiger charge is -2.28. The molecule has 0 aliphatic carbocycles. The van der Waals surface area contributed by atoms with Crippen LogP contribution in [-0.4, -0.2) is 33.4 Å². The Morgan fingerprint density at radius 1 is 1.14 bits per heavy atom. The van der Waals surface area contributed by atoms with Gasteiger partial charge < -0.3 is 14.8 Å². The summed E-state index contributed by atoms with van der Waals surface area (Å²) in [6.45, 7) is 1.60. The third kappa shape index (κ3) is 4.16. The van der Waals surface area contributed by atoms with Gasteiger partial charge in [-0.3, -0.25) is 9.10 Å². The van der Waals surface area contributed by atoms with Crippen LogP contribution in [-0.2, 0) is 21.4 Å². The van der Waals surface area contributed by atoms with Gasteiger partial charge in [-0.15, -0.1) is 0 Å². The first kappa shape index (κ1) is 19.9. The second-order valence-corrected chi connectivity index (χ2v) is 8.10. The van der Waals surface area contributed by atoms with Crippen LogP contribution in [0.3, 0.4) is 0 Å². The highest BCUT2D eigenvalue weighted by molar-refractivity contribution is 7.92. The molecule has 28 heavy (non-hydrogen) atoms. The molecule has 1 heterocycles. The number of carbonyl (C=O) groups excluding carboxylic acids is 1. The average molecular weight is 412 g/mol. The molecule has 0 fully saturated rings. The van der Waals surface area contributed by atoms with E-state index in [1.54, 1.807) is 18.2 Å². The maximum atomic E-state index is 13.6. The van der Waals surface area contributed by atoms with E-state index in [2.05, 4.69) is 5.32 Å². The summed E-state index contributed by atoms with van der Waals surface area (Å²) in [6, 6.07) is 6.60. The largest absolute Gasteiger partial charge is 0.454 e. The van der Waals surface area contributed by atoms with Gasteiger partial charge in [0.2, 0.25) is 22.7 Å². The van der Waals surface area contributed by atoms with Crippen LogP contribution in [0.5, 0.6) is 11.5 Å². The van der Waals surface area contributed by atoms with Crippen molar-refractivity contribution >= 4 is 21.6 Å². The number of nitrogens with zero attached hydrogens (tertiary/aromatic N) is 1. The summed E-state index contributed by atoms with van der Waals surface area (Å²) in [5.41, 5.74) is 0.579. The highest BCUT2D eigenvalue weighted by Gasteiger charge is 2.29. The van der Waals surface area contributed by atoms with Crippen LogP contribution in [0.4, 0.5) is 14.5 Å². The van der Waals surface area contributed by atoms with Gasteiger partial charge in [-0.2, -0.15) is 0 Å². The summed E-state index contributed by atoms with van der Waals surface area (Å²) in [7, 11) is -3.94. The number of nitrogens with one attached hydrogen (secondary N) is 1. The van der Waals surface area contributed by atoms with Crippen LogP contribution in [0, 0.1) is 11.6 Å². The van der Waals surface area contributed by atoms with E-state index in [1.807, 2.05) is 0 Å². The molecule has 2 aromatic carbocycles. The van der Waals surface area contributed by atoms with E-state index in [1.165, 1.54) is 6.92 Å². The maximum Gasteiger partial charge on any atom is 0.243 e. The zero-order chi connectivity index (χ0) is 20.5. The van der Waals surface area contributed by atoms with Gasteiger partial charge in [0.05, 0.1) is 11.9 Å². The summed E-state index contributed by atoms with van der Waals surface area (Å²) in [5, 5.41) is 2.63. The minimum Gasteiger partial charge on any atom is -0.454 e. The van der Waals surface area contributed by atoms with Crippen molar-refractivity contribution in [1.29, 1.82) is 0 Å². The van der Waals surface area contributed by atoms with Gasteiger partial charge >= 0.3 is 0 Å². The van der Waals surface area contributed by atoms with Crippen molar-refractivity contribution in [1.82, 2.24) is 5.32 Å². The molecule has 0 bridgehead atoms. The van der Waals surface area contributed by atoms with Gasteiger partial charge in [-0.25, -0.2) is 17.2 Å². The summed E-state index contributed by atoms with van der Waals surface area (Å²) in [6.07, 6.45) is 0.885. The third-order valence-electron chi connectivity index (χ3n) is 4.15. The van der Waals surface area contributed by atoms with E-state index >= 15 is 0 Å². The quantitative estimate of drug-likeness (QED) is 0.786. The number of amides is 1. The summed E-state index contributed by atoms with van der Waals surface area (Å²) >= 11 is 0. The molecule has 1 aliphatic rings. The maximum absolute atomic E-state index is 13.6. The number of hydrogen-bond donors (Lipinski definition) is 1. The first-order chi connectivity index (χ1) is 13.2. The van der Waals surface area contributed by atoms with Crippen molar-refractivity contribution in [3.63, 3.8) is 0 Å². The van der Waals surface area contributed by atoms with Crippen molar-refractivity contribution in [2.75, 3.05) is 17.4 Å². The van der Waals surface area contributed by atoms with Gasteiger partial charge in [0.15, 0.2) is 23.1 Å². The molecule has 0 radical (unpaired) electrons. The fraction of sp³-hybridized carbons (Fsp3) is 0.278. The monoisotopic (exact) mass is 412 g/mol. The van der Waals surface area contributed by atoms with E-state index < -0.39 is 33.6 Å². The molecule has 1 N–H and O–H groups in total. The Kier molecular flexibility index (Phi) is 5.41. The van der Waals surface area contributed by atoms with Crippen molar-refractivity contribution in [3.8, 4) is 11.5 Å². The summed E-state index contributed by atoms with van der Waals surface area (Å²) < 4.78 is 62.3. The zero-order valence-corrected chi connectivity index (χ0v) is 15.9. The number of benzene rings is 2. The number of anilines is 1. The molecular weight excluding hydrogens is 394 g/mol. The molecule has 0 aromatic heterocycles. The molecule has 1 aliphatic heterocycles. The molecule has 0 saturated carbocycles. The first-order valence-electron chi connectivity index (χ1n) is 8.27. The van der Waals surface area contributed by atoms with E-state index in [0.717, 1.165) is 34.3 Å². The zero-order valence-electron chi connectivity index (χ0n) is 15.1. The molecule has 10 heteroatoms. The summed E-state index contributed by atoms with van der Waals surface area (Å²) in [5.74, 6) is -1.77. The Bertz CT molecular complexity index is 1010. The fourth-order valence-electron chi connectivity index (χ4n) is 2.82. The second kappa shape index (κ2) is 7.63. The Morgan fingerprint density at radius 2 is 1.86 bits per heavy atom.